The molecule has 0 radical (unpaired) electrons. The number of amides is 2. The fourth-order valence-electron chi connectivity index (χ4n) is 2.17. The molecule has 7 heteroatoms. The molecule has 0 bridgehead atoms. The van der Waals surface area contributed by atoms with E-state index < -0.39 is 30.4 Å². The number of carboxylic acid groups (broad SMARTS) is 1. The average molecular weight is 271 g/mol. The highest BCUT2D eigenvalue weighted by Gasteiger charge is 2.36. The van der Waals surface area contributed by atoms with Crippen LogP contribution in [0.15, 0.2) is 0 Å². The molecule has 0 aromatic carbocycles. The summed E-state index contributed by atoms with van der Waals surface area (Å²) < 4.78 is 0. The van der Waals surface area contributed by atoms with E-state index in [1.54, 1.807) is 0 Å². The van der Waals surface area contributed by atoms with Crippen molar-refractivity contribution in [2.75, 3.05) is 13.1 Å². The van der Waals surface area contributed by atoms with Crippen LogP contribution in [0.2, 0.25) is 0 Å². The van der Waals surface area contributed by atoms with Crippen LogP contribution in [0, 0.1) is 5.92 Å². The summed E-state index contributed by atoms with van der Waals surface area (Å²) >= 11 is 0. The first kappa shape index (κ1) is 15.4. The van der Waals surface area contributed by atoms with E-state index in [1.807, 2.05) is 13.8 Å². The highest BCUT2D eigenvalue weighted by atomic mass is 16.4. The van der Waals surface area contributed by atoms with Crippen LogP contribution in [0.1, 0.15) is 26.7 Å². The van der Waals surface area contributed by atoms with E-state index in [2.05, 4.69) is 5.32 Å². The Morgan fingerprint density at radius 3 is 2.68 bits per heavy atom. The van der Waals surface area contributed by atoms with E-state index in [-0.39, 0.29) is 11.8 Å². The van der Waals surface area contributed by atoms with Gasteiger partial charge in [0.15, 0.2) is 0 Å². The third-order valence-corrected chi connectivity index (χ3v) is 3.02. The number of hydrogen-bond donors (Lipinski definition) is 3. The van der Waals surface area contributed by atoms with Gasteiger partial charge in [0, 0.05) is 13.1 Å². The Hall–Kier alpha value is -1.63. The van der Waals surface area contributed by atoms with Crippen molar-refractivity contribution in [3.63, 3.8) is 0 Å². The summed E-state index contributed by atoms with van der Waals surface area (Å²) in [6, 6.07) is -1.65. The smallest absolute Gasteiger partial charge is 0.305 e. The molecule has 1 saturated heterocycles. The molecule has 0 aliphatic carbocycles. The molecular weight excluding hydrogens is 250 g/mol. The van der Waals surface area contributed by atoms with Gasteiger partial charge in [-0.3, -0.25) is 14.4 Å². The van der Waals surface area contributed by atoms with Crippen molar-refractivity contribution in [1.82, 2.24) is 10.2 Å². The fourth-order valence-corrected chi connectivity index (χ4v) is 2.17. The zero-order valence-corrected chi connectivity index (χ0v) is 11.3. The molecule has 1 fully saturated rings. The topological polar surface area (TPSA) is 113 Å². The van der Waals surface area contributed by atoms with E-state index in [9.17, 15) is 14.4 Å². The van der Waals surface area contributed by atoms with Gasteiger partial charge in [-0.15, -0.1) is 0 Å². The van der Waals surface area contributed by atoms with E-state index in [0.717, 1.165) is 0 Å². The maximum absolute atomic E-state index is 12.2. The molecule has 0 aromatic heterocycles. The number of carbonyl (C=O) groups excluding carboxylic acids is 2. The van der Waals surface area contributed by atoms with Gasteiger partial charge in [-0.1, -0.05) is 13.8 Å². The van der Waals surface area contributed by atoms with Gasteiger partial charge in [-0.2, -0.15) is 0 Å². The maximum Gasteiger partial charge on any atom is 0.305 e. The minimum Gasteiger partial charge on any atom is -0.481 e. The highest BCUT2D eigenvalue weighted by Crippen LogP contribution is 2.13. The Bertz CT molecular complexity index is 370. The van der Waals surface area contributed by atoms with Gasteiger partial charge in [0.05, 0.1) is 12.5 Å². The van der Waals surface area contributed by atoms with Crippen molar-refractivity contribution >= 4 is 17.8 Å². The molecule has 1 aliphatic rings. The van der Waals surface area contributed by atoms with Crippen LogP contribution in [0.3, 0.4) is 0 Å². The molecule has 2 amide bonds. The lowest BCUT2D eigenvalue weighted by molar-refractivity contribution is -0.149. The van der Waals surface area contributed by atoms with Crippen LogP contribution >= 0.6 is 0 Å². The van der Waals surface area contributed by atoms with Gasteiger partial charge in [-0.25, -0.2) is 0 Å². The molecule has 0 spiro atoms. The van der Waals surface area contributed by atoms with Crippen LogP contribution in [0.4, 0.5) is 0 Å². The molecule has 108 valence electrons. The highest BCUT2D eigenvalue weighted by molar-refractivity contribution is 5.93. The number of nitrogens with two attached hydrogens (primary N) is 1. The number of nitrogens with one attached hydrogen (secondary N) is 1. The van der Waals surface area contributed by atoms with E-state index in [1.165, 1.54) is 4.90 Å². The lowest BCUT2D eigenvalue weighted by Crippen LogP contribution is -2.60. The summed E-state index contributed by atoms with van der Waals surface area (Å²) in [5, 5.41) is 11.4. The fraction of sp³-hybridized carbons (Fsp3) is 0.750. The lowest BCUT2D eigenvalue weighted by Gasteiger charge is -2.36. The van der Waals surface area contributed by atoms with Gasteiger partial charge in [0.2, 0.25) is 11.8 Å². The van der Waals surface area contributed by atoms with Gasteiger partial charge in [-0.05, 0) is 12.3 Å². The molecule has 1 heterocycles. The first-order chi connectivity index (χ1) is 8.82. The largest absolute Gasteiger partial charge is 0.481 e. The third-order valence-electron chi connectivity index (χ3n) is 3.02. The van der Waals surface area contributed by atoms with Crippen molar-refractivity contribution in [3.05, 3.63) is 0 Å². The summed E-state index contributed by atoms with van der Waals surface area (Å²) in [4.78, 5) is 36.0. The molecule has 0 aromatic rings. The minimum absolute atomic E-state index is 0.260. The van der Waals surface area contributed by atoms with Crippen LogP contribution < -0.4 is 11.1 Å². The second-order valence-corrected chi connectivity index (χ2v) is 5.17. The van der Waals surface area contributed by atoms with Crippen molar-refractivity contribution in [2.24, 2.45) is 11.7 Å². The predicted octanol–water partition coefficient (Wildman–Crippen LogP) is -0.838. The third kappa shape index (κ3) is 4.20. The molecule has 2 unspecified atom stereocenters. The Kier molecular flexibility index (Phi) is 5.29. The molecule has 19 heavy (non-hydrogen) atoms. The summed E-state index contributed by atoms with van der Waals surface area (Å²) in [5.74, 6) is -1.64. The number of carboxylic acids is 1. The van der Waals surface area contributed by atoms with Crippen LogP contribution in [0.25, 0.3) is 0 Å². The Morgan fingerprint density at radius 2 is 2.16 bits per heavy atom. The van der Waals surface area contributed by atoms with E-state index in [4.69, 9.17) is 10.8 Å². The average Bonchev–Trinajstić information content (AvgIpc) is 2.29. The van der Waals surface area contributed by atoms with E-state index in [0.29, 0.717) is 19.5 Å². The summed E-state index contributed by atoms with van der Waals surface area (Å²) in [7, 11) is 0. The normalized spacial score (nSPS) is 21.2. The molecule has 2 atom stereocenters. The SMILES string of the molecule is CC(C)CC(N)C(=O)N1CCNC(=O)C1CC(=O)O. The number of nitrogens with zero attached hydrogens (tertiary/aromatic N) is 1. The van der Waals surface area contributed by atoms with Crippen LogP contribution in [-0.2, 0) is 14.4 Å². The molecule has 7 nitrogen and oxygen atoms in total. The lowest BCUT2D eigenvalue weighted by atomic mass is 10.0. The molecule has 1 aliphatic heterocycles. The van der Waals surface area contributed by atoms with Gasteiger partial charge >= 0.3 is 5.97 Å². The predicted molar refractivity (Wildman–Crippen MR) is 68.2 cm³/mol. The second kappa shape index (κ2) is 6.51. The zero-order chi connectivity index (χ0) is 14.6. The summed E-state index contributed by atoms with van der Waals surface area (Å²) in [5.41, 5.74) is 5.82. The monoisotopic (exact) mass is 271 g/mol. The molecule has 1 rings (SSSR count). The summed E-state index contributed by atoms with van der Waals surface area (Å²) in [6.07, 6.45) is 0.114. The Balaban J connectivity index is 2.78. The van der Waals surface area contributed by atoms with E-state index >= 15 is 0 Å². The maximum atomic E-state index is 12.2. The van der Waals surface area contributed by atoms with Gasteiger partial charge in [0.1, 0.15) is 6.04 Å². The quantitative estimate of drug-likeness (QED) is 0.603. The Labute approximate surface area is 112 Å². The number of carbonyl (C=O) groups is 3. The second-order valence-electron chi connectivity index (χ2n) is 5.17. The van der Waals surface area contributed by atoms with Crippen molar-refractivity contribution in [2.45, 2.75) is 38.8 Å². The number of hydrogen-bond acceptors (Lipinski definition) is 4. The molecule has 4 N–H and O–H groups in total. The van der Waals surface area contributed by atoms with Crippen molar-refractivity contribution in [3.8, 4) is 0 Å². The van der Waals surface area contributed by atoms with Crippen molar-refractivity contribution < 1.29 is 19.5 Å². The Morgan fingerprint density at radius 1 is 1.53 bits per heavy atom. The first-order valence-corrected chi connectivity index (χ1v) is 6.38. The standard InChI is InChI=1S/C12H21N3O4/c1-7(2)5-8(13)12(19)15-4-3-14-11(18)9(15)6-10(16)17/h7-9H,3-6,13H2,1-2H3,(H,14,18)(H,16,17). The summed E-state index contributed by atoms with van der Waals surface area (Å²) in [6.45, 7) is 4.53. The van der Waals surface area contributed by atoms with Crippen LogP contribution in [0.5, 0.6) is 0 Å². The van der Waals surface area contributed by atoms with Gasteiger partial charge < -0.3 is 21.1 Å². The number of rotatable bonds is 5. The van der Waals surface area contributed by atoms with Gasteiger partial charge in [0.25, 0.3) is 0 Å². The minimum atomic E-state index is -1.11. The molecule has 0 saturated carbocycles. The van der Waals surface area contributed by atoms with Crippen molar-refractivity contribution in [1.29, 1.82) is 0 Å². The van der Waals surface area contributed by atoms with Crippen LogP contribution in [-0.4, -0.2) is 53.0 Å². The number of piperazine rings is 1. The first-order valence-electron chi connectivity index (χ1n) is 6.38. The molecular formula is C12H21N3O4. The number of aliphatic carboxylic acids is 1. The zero-order valence-electron chi connectivity index (χ0n) is 11.3.